The van der Waals surface area contributed by atoms with Gasteiger partial charge >= 0.3 is 0 Å². The first-order valence-corrected chi connectivity index (χ1v) is 8.73. The summed E-state index contributed by atoms with van der Waals surface area (Å²) >= 11 is 13.1. The molecule has 3 aromatic rings. The standard InChI is InChI=1S/C16H10Cl2FN3O2S/c17-11-2-1-3-12(18)14(11)20-13(23)8-25-16-22-21-15(24-16)9-4-6-10(19)7-5-9/h1-7H,8H2,(H,20,23). The molecule has 1 aromatic heterocycles. The van der Waals surface area contributed by atoms with Gasteiger partial charge in [-0.15, -0.1) is 10.2 Å². The van der Waals surface area contributed by atoms with E-state index in [1.807, 2.05) is 0 Å². The Morgan fingerprint density at radius 2 is 1.80 bits per heavy atom. The van der Waals surface area contributed by atoms with Crippen molar-refractivity contribution in [2.24, 2.45) is 0 Å². The van der Waals surface area contributed by atoms with Crippen molar-refractivity contribution in [3.63, 3.8) is 0 Å². The SMILES string of the molecule is O=C(CSc1nnc(-c2ccc(F)cc2)o1)Nc1c(Cl)cccc1Cl. The van der Waals surface area contributed by atoms with Crippen LogP contribution in [0.25, 0.3) is 11.5 Å². The lowest BCUT2D eigenvalue weighted by Crippen LogP contribution is -2.14. The quantitative estimate of drug-likeness (QED) is 0.619. The number of anilines is 1. The van der Waals surface area contributed by atoms with E-state index in [4.69, 9.17) is 27.6 Å². The van der Waals surface area contributed by atoms with Crippen LogP contribution in [0.4, 0.5) is 10.1 Å². The topological polar surface area (TPSA) is 68.0 Å². The van der Waals surface area contributed by atoms with Crippen LogP contribution < -0.4 is 5.32 Å². The summed E-state index contributed by atoms with van der Waals surface area (Å²) in [5.41, 5.74) is 0.946. The molecule has 0 saturated heterocycles. The van der Waals surface area contributed by atoms with Gasteiger partial charge in [-0.25, -0.2) is 4.39 Å². The molecule has 5 nitrogen and oxygen atoms in total. The maximum Gasteiger partial charge on any atom is 0.277 e. The number of carbonyl (C=O) groups excluding carboxylic acids is 1. The lowest BCUT2D eigenvalue weighted by molar-refractivity contribution is -0.113. The fourth-order valence-electron chi connectivity index (χ4n) is 1.90. The van der Waals surface area contributed by atoms with Crippen LogP contribution in [0, 0.1) is 5.82 Å². The van der Waals surface area contributed by atoms with Gasteiger partial charge < -0.3 is 9.73 Å². The van der Waals surface area contributed by atoms with Crippen LogP contribution in [-0.4, -0.2) is 21.9 Å². The summed E-state index contributed by atoms with van der Waals surface area (Å²) in [5.74, 6) is -0.390. The molecule has 0 fully saturated rings. The van der Waals surface area contributed by atoms with Crippen LogP contribution in [0.2, 0.25) is 10.0 Å². The first-order valence-electron chi connectivity index (χ1n) is 6.99. The van der Waals surface area contributed by atoms with Crippen LogP contribution in [0.15, 0.2) is 52.1 Å². The van der Waals surface area contributed by atoms with Gasteiger partial charge in [0, 0.05) is 5.56 Å². The lowest BCUT2D eigenvalue weighted by Gasteiger charge is -2.08. The predicted molar refractivity (Wildman–Crippen MR) is 95.5 cm³/mol. The van der Waals surface area contributed by atoms with Crippen LogP contribution >= 0.6 is 35.0 Å². The molecule has 25 heavy (non-hydrogen) atoms. The van der Waals surface area contributed by atoms with Gasteiger partial charge in [0.2, 0.25) is 11.8 Å². The van der Waals surface area contributed by atoms with Crippen molar-refractivity contribution in [2.45, 2.75) is 5.22 Å². The van der Waals surface area contributed by atoms with E-state index in [1.54, 1.807) is 18.2 Å². The first-order chi connectivity index (χ1) is 12.0. The average molecular weight is 398 g/mol. The largest absolute Gasteiger partial charge is 0.411 e. The maximum atomic E-state index is 12.9. The minimum atomic E-state index is -0.354. The minimum Gasteiger partial charge on any atom is -0.411 e. The Balaban J connectivity index is 1.60. The molecule has 0 unspecified atom stereocenters. The summed E-state index contributed by atoms with van der Waals surface area (Å²) in [6.45, 7) is 0. The summed E-state index contributed by atoms with van der Waals surface area (Å²) in [7, 11) is 0. The van der Waals surface area contributed by atoms with E-state index in [1.165, 1.54) is 24.3 Å². The summed E-state index contributed by atoms with van der Waals surface area (Å²) in [6, 6.07) is 10.6. The number of hydrogen-bond acceptors (Lipinski definition) is 5. The van der Waals surface area contributed by atoms with Crippen molar-refractivity contribution in [1.82, 2.24) is 10.2 Å². The Morgan fingerprint density at radius 1 is 1.12 bits per heavy atom. The molecule has 0 saturated carbocycles. The van der Waals surface area contributed by atoms with Crippen molar-refractivity contribution < 1.29 is 13.6 Å². The Morgan fingerprint density at radius 3 is 2.48 bits per heavy atom. The van der Waals surface area contributed by atoms with Crippen molar-refractivity contribution >= 4 is 46.6 Å². The van der Waals surface area contributed by atoms with E-state index in [9.17, 15) is 9.18 Å². The fraction of sp³-hybridized carbons (Fsp3) is 0.0625. The number of nitrogens with zero attached hydrogens (tertiary/aromatic N) is 2. The van der Waals surface area contributed by atoms with E-state index in [0.29, 0.717) is 21.3 Å². The van der Waals surface area contributed by atoms with Gasteiger partial charge in [0.25, 0.3) is 5.22 Å². The number of nitrogens with one attached hydrogen (secondary N) is 1. The molecule has 0 aliphatic heterocycles. The van der Waals surface area contributed by atoms with Crippen LogP contribution in [0.3, 0.4) is 0 Å². The molecule has 0 spiro atoms. The molecule has 0 bridgehead atoms. The third-order valence-electron chi connectivity index (χ3n) is 3.05. The number of halogens is 3. The molecule has 3 rings (SSSR count). The zero-order chi connectivity index (χ0) is 17.8. The summed E-state index contributed by atoms with van der Waals surface area (Å²) in [4.78, 5) is 12.0. The molecule has 1 amide bonds. The number of rotatable bonds is 5. The Kier molecular flexibility index (Phi) is 5.57. The van der Waals surface area contributed by atoms with Gasteiger partial charge in [-0.2, -0.15) is 0 Å². The van der Waals surface area contributed by atoms with Crippen LogP contribution in [0.5, 0.6) is 0 Å². The lowest BCUT2D eigenvalue weighted by atomic mass is 10.2. The number of benzene rings is 2. The zero-order valence-corrected chi connectivity index (χ0v) is 14.8. The highest BCUT2D eigenvalue weighted by atomic mass is 35.5. The number of para-hydroxylation sites is 1. The van der Waals surface area contributed by atoms with Gasteiger partial charge in [0.1, 0.15) is 5.82 Å². The van der Waals surface area contributed by atoms with Crippen molar-refractivity contribution in [3.8, 4) is 11.5 Å². The molecule has 0 aliphatic carbocycles. The maximum absolute atomic E-state index is 12.9. The summed E-state index contributed by atoms with van der Waals surface area (Å²) in [6.07, 6.45) is 0. The number of aromatic nitrogens is 2. The molecule has 1 heterocycles. The average Bonchev–Trinajstić information content (AvgIpc) is 3.06. The van der Waals surface area contributed by atoms with E-state index in [-0.39, 0.29) is 28.6 Å². The third kappa shape index (κ3) is 4.50. The fourth-order valence-corrected chi connectivity index (χ4v) is 2.95. The third-order valence-corrected chi connectivity index (χ3v) is 4.50. The Hall–Kier alpha value is -2.09. The van der Waals surface area contributed by atoms with E-state index in [2.05, 4.69) is 15.5 Å². The first kappa shape index (κ1) is 17.7. The Bertz CT molecular complexity index is 882. The minimum absolute atomic E-state index is 0.0343. The highest BCUT2D eigenvalue weighted by Gasteiger charge is 2.13. The number of hydrogen-bond donors (Lipinski definition) is 1. The van der Waals surface area contributed by atoms with Gasteiger partial charge in [0.05, 0.1) is 21.5 Å². The van der Waals surface area contributed by atoms with Gasteiger partial charge in [-0.05, 0) is 36.4 Å². The second kappa shape index (κ2) is 7.86. The number of carbonyl (C=O) groups is 1. The second-order valence-corrected chi connectivity index (χ2v) is 6.55. The molecule has 2 aromatic carbocycles. The summed E-state index contributed by atoms with van der Waals surface area (Å²) < 4.78 is 18.4. The molecule has 128 valence electrons. The smallest absolute Gasteiger partial charge is 0.277 e. The van der Waals surface area contributed by atoms with Crippen molar-refractivity contribution in [2.75, 3.05) is 11.1 Å². The molecule has 0 aliphatic rings. The molecule has 0 radical (unpaired) electrons. The molecular formula is C16H10Cl2FN3O2S. The van der Waals surface area contributed by atoms with Crippen molar-refractivity contribution in [3.05, 3.63) is 58.3 Å². The summed E-state index contributed by atoms with van der Waals surface area (Å²) in [5, 5.41) is 11.3. The van der Waals surface area contributed by atoms with Crippen LogP contribution in [0.1, 0.15) is 0 Å². The monoisotopic (exact) mass is 397 g/mol. The highest BCUT2D eigenvalue weighted by molar-refractivity contribution is 7.99. The van der Waals surface area contributed by atoms with Gasteiger partial charge in [0.15, 0.2) is 0 Å². The predicted octanol–water partition coefficient (Wildman–Crippen LogP) is 4.91. The van der Waals surface area contributed by atoms with E-state index < -0.39 is 0 Å². The van der Waals surface area contributed by atoms with E-state index >= 15 is 0 Å². The molecule has 9 heteroatoms. The normalized spacial score (nSPS) is 10.7. The molecular weight excluding hydrogens is 388 g/mol. The Labute approximate surface area is 156 Å². The van der Waals surface area contributed by atoms with E-state index in [0.717, 1.165) is 11.8 Å². The highest BCUT2D eigenvalue weighted by Crippen LogP contribution is 2.30. The molecule has 1 N–H and O–H groups in total. The number of amides is 1. The van der Waals surface area contributed by atoms with Crippen LogP contribution in [-0.2, 0) is 4.79 Å². The zero-order valence-electron chi connectivity index (χ0n) is 12.5. The van der Waals surface area contributed by atoms with Gasteiger partial charge in [-0.1, -0.05) is 41.0 Å². The van der Waals surface area contributed by atoms with Crippen molar-refractivity contribution in [1.29, 1.82) is 0 Å². The second-order valence-electron chi connectivity index (χ2n) is 4.81. The molecule has 0 atom stereocenters. The van der Waals surface area contributed by atoms with Gasteiger partial charge in [-0.3, -0.25) is 4.79 Å². The number of thioether (sulfide) groups is 1.